The lowest BCUT2D eigenvalue weighted by Crippen LogP contribution is -2.32. The van der Waals surface area contributed by atoms with Crippen LogP contribution in [-0.4, -0.2) is 23.3 Å². The van der Waals surface area contributed by atoms with Gasteiger partial charge in [0.25, 0.3) is 5.91 Å². The predicted octanol–water partition coefficient (Wildman–Crippen LogP) is 2.88. The van der Waals surface area contributed by atoms with Crippen molar-refractivity contribution >= 4 is 28.4 Å². The SMILES string of the molecule is O=C(CNC(=O)c1cc(F)cc(F)c1)Nc1ccc2ncccc2c1. The smallest absolute Gasteiger partial charge is 0.251 e. The Hall–Kier alpha value is -3.35. The zero-order valence-corrected chi connectivity index (χ0v) is 12.9. The summed E-state index contributed by atoms with van der Waals surface area (Å²) in [6.07, 6.45) is 1.67. The van der Waals surface area contributed by atoms with Crippen LogP contribution in [0, 0.1) is 11.6 Å². The highest BCUT2D eigenvalue weighted by molar-refractivity contribution is 6.00. The van der Waals surface area contributed by atoms with Crippen LogP contribution in [0.5, 0.6) is 0 Å². The first-order valence-electron chi connectivity index (χ1n) is 7.40. The normalized spacial score (nSPS) is 10.5. The minimum Gasteiger partial charge on any atom is -0.343 e. The number of amides is 2. The molecule has 1 heterocycles. The first-order valence-corrected chi connectivity index (χ1v) is 7.40. The summed E-state index contributed by atoms with van der Waals surface area (Å²) in [4.78, 5) is 28.0. The lowest BCUT2D eigenvalue weighted by atomic mass is 10.2. The predicted molar refractivity (Wildman–Crippen MR) is 89.1 cm³/mol. The van der Waals surface area contributed by atoms with Gasteiger partial charge in [0.1, 0.15) is 11.6 Å². The zero-order chi connectivity index (χ0) is 17.8. The van der Waals surface area contributed by atoms with Gasteiger partial charge in [-0.3, -0.25) is 14.6 Å². The Balaban J connectivity index is 1.61. The van der Waals surface area contributed by atoms with Crippen molar-refractivity contribution in [2.75, 3.05) is 11.9 Å². The molecule has 5 nitrogen and oxygen atoms in total. The molecule has 0 saturated heterocycles. The Morgan fingerprint density at radius 2 is 1.76 bits per heavy atom. The van der Waals surface area contributed by atoms with Gasteiger partial charge < -0.3 is 10.6 Å². The second-order valence-electron chi connectivity index (χ2n) is 5.30. The molecule has 2 aromatic carbocycles. The monoisotopic (exact) mass is 341 g/mol. The average molecular weight is 341 g/mol. The third-order valence-electron chi connectivity index (χ3n) is 3.42. The minimum atomic E-state index is -0.862. The van der Waals surface area contributed by atoms with E-state index >= 15 is 0 Å². The number of fused-ring (bicyclic) bond motifs is 1. The quantitative estimate of drug-likeness (QED) is 0.766. The first kappa shape index (κ1) is 16.5. The third kappa shape index (κ3) is 4.14. The number of hydrogen-bond acceptors (Lipinski definition) is 3. The number of nitrogens with zero attached hydrogens (tertiary/aromatic N) is 1. The summed E-state index contributed by atoms with van der Waals surface area (Å²) in [6, 6.07) is 11.3. The van der Waals surface area contributed by atoms with Crippen molar-refractivity contribution in [2.45, 2.75) is 0 Å². The Morgan fingerprint density at radius 3 is 2.52 bits per heavy atom. The molecule has 0 spiro atoms. The molecule has 3 rings (SSSR count). The molecule has 3 aromatic rings. The van der Waals surface area contributed by atoms with Gasteiger partial charge in [0.05, 0.1) is 12.1 Å². The molecule has 0 saturated carbocycles. The fraction of sp³-hybridized carbons (Fsp3) is 0.0556. The molecule has 2 amide bonds. The highest BCUT2D eigenvalue weighted by Crippen LogP contribution is 2.16. The van der Waals surface area contributed by atoms with E-state index in [0.717, 1.165) is 23.0 Å². The second-order valence-corrected chi connectivity index (χ2v) is 5.30. The number of carbonyl (C=O) groups excluding carboxylic acids is 2. The molecule has 0 aliphatic carbocycles. The molecular weight excluding hydrogens is 328 g/mol. The van der Waals surface area contributed by atoms with Crippen LogP contribution in [0.2, 0.25) is 0 Å². The fourth-order valence-corrected chi connectivity index (χ4v) is 2.31. The van der Waals surface area contributed by atoms with Crippen LogP contribution < -0.4 is 10.6 Å². The van der Waals surface area contributed by atoms with Crippen molar-refractivity contribution in [3.8, 4) is 0 Å². The summed E-state index contributed by atoms with van der Waals surface area (Å²) in [5.74, 6) is -2.93. The number of anilines is 1. The lowest BCUT2D eigenvalue weighted by molar-refractivity contribution is -0.115. The topological polar surface area (TPSA) is 71.1 Å². The van der Waals surface area contributed by atoms with Crippen molar-refractivity contribution < 1.29 is 18.4 Å². The lowest BCUT2D eigenvalue weighted by Gasteiger charge is -2.08. The number of halogens is 2. The molecule has 0 aliphatic heterocycles. The van der Waals surface area contributed by atoms with Crippen LogP contribution in [-0.2, 0) is 4.79 Å². The van der Waals surface area contributed by atoms with Crippen molar-refractivity contribution in [2.24, 2.45) is 0 Å². The van der Waals surface area contributed by atoms with E-state index in [1.165, 1.54) is 0 Å². The maximum atomic E-state index is 13.1. The van der Waals surface area contributed by atoms with E-state index in [-0.39, 0.29) is 12.1 Å². The maximum Gasteiger partial charge on any atom is 0.251 e. The summed E-state index contributed by atoms with van der Waals surface area (Å²) < 4.78 is 26.2. The molecule has 0 fully saturated rings. The van der Waals surface area contributed by atoms with Crippen LogP contribution in [0.15, 0.2) is 54.7 Å². The van der Waals surface area contributed by atoms with Gasteiger partial charge in [-0.15, -0.1) is 0 Å². The molecule has 0 radical (unpaired) electrons. The number of hydrogen-bond donors (Lipinski definition) is 2. The van der Waals surface area contributed by atoms with Gasteiger partial charge in [0, 0.05) is 28.9 Å². The number of benzene rings is 2. The Labute approximate surface area is 141 Å². The molecule has 7 heteroatoms. The molecule has 126 valence electrons. The van der Waals surface area contributed by atoms with Crippen molar-refractivity contribution in [1.82, 2.24) is 10.3 Å². The second kappa shape index (κ2) is 7.04. The number of carbonyl (C=O) groups is 2. The molecule has 0 atom stereocenters. The highest BCUT2D eigenvalue weighted by Gasteiger charge is 2.11. The van der Waals surface area contributed by atoms with E-state index in [1.54, 1.807) is 30.5 Å². The average Bonchev–Trinajstić information content (AvgIpc) is 2.58. The molecule has 0 aliphatic rings. The van der Waals surface area contributed by atoms with Gasteiger partial charge in [0.15, 0.2) is 0 Å². The van der Waals surface area contributed by atoms with E-state index in [0.29, 0.717) is 11.8 Å². The molecule has 25 heavy (non-hydrogen) atoms. The van der Waals surface area contributed by atoms with Crippen molar-refractivity contribution in [1.29, 1.82) is 0 Å². The fourth-order valence-electron chi connectivity index (χ4n) is 2.31. The van der Waals surface area contributed by atoms with E-state index in [2.05, 4.69) is 15.6 Å². The van der Waals surface area contributed by atoms with Crippen LogP contribution in [0.3, 0.4) is 0 Å². The molecule has 1 aromatic heterocycles. The van der Waals surface area contributed by atoms with Crippen LogP contribution in [0.4, 0.5) is 14.5 Å². The van der Waals surface area contributed by atoms with Crippen molar-refractivity contribution in [3.63, 3.8) is 0 Å². The summed E-state index contributed by atoms with van der Waals surface area (Å²) in [5, 5.41) is 5.81. The van der Waals surface area contributed by atoms with Gasteiger partial charge in [-0.1, -0.05) is 6.07 Å². The highest BCUT2D eigenvalue weighted by atomic mass is 19.1. The Morgan fingerprint density at radius 1 is 1.00 bits per heavy atom. The van der Waals surface area contributed by atoms with Gasteiger partial charge in [-0.05, 0) is 36.4 Å². The molecular formula is C18H13F2N3O2. The molecule has 0 bridgehead atoms. The van der Waals surface area contributed by atoms with Gasteiger partial charge in [-0.2, -0.15) is 0 Å². The number of aromatic nitrogens is 1. The van der Waals surface area contributed by atoms with Crippen LogP contribution in [0.25, 0.3) is 10.9 Å². The number of pyridine rings is 1. The largest absolute Gasteiger partial charge is 0.343 e. The summed E-state index contributed by atoms with van der Waals surface area (Å²) in [5.41, 5.74) is 1.15. The van der Waals surface area contributed by atoms with E-state index in [4.69, 9.17) is 0 Å². The van der Waals surface area contributed by atoms with E-state index in [1.807, 2.05) is 6.07 Å². The maximum absolute atomic E-state index is 13.1. The van der Waals surface area contributed by atoms with Gasteiger partial charge in [0.2, 0.25) is 5.91 Å². The third-order valence-corrected chi connectivity index (χ3v) is 3.42. The summed E-state index contributed by atoms with van der Waals surface area (Å²) in [6.45, 7) is -0.331. The molecule has 2 N–H and O–H groups in total. The van der Waals surface area contributed by atoms with Crippen molar-refractivity contribution in [3.05, 3.63) is 71.9 Å². The zero-order valence-electron chi connectivity index (χ0n) is 12.9. The van der Waals surface area contributed by atoms with Gasteiger partial charge >= 0.3 is 0 Å². The minimum absolute atomic E-state index is 0.193. The summed E-state index contributed by atoms with van der Waals surface area (Å²) >= 11 is 0. The van der Waals surface area contributed by atoms with Crippen LogP contribution >= 0.6 is 0 Å². The number of nitrogens with one attached hydrogen (secondary N) is 2. The van der Waals surface area contributed by atoms with Crippen LogP contribution in [0.1, 0.15) is 10.4 Å². The standard InChI is InChI=1S/C18H13F2N3O2/c19-13-6-12(7-14(20)9-13)18(25)22-10-17(24)23-15-3-4-16-11(8-15)2-1-5-21-16/h1-9H,10H2,(H,22,25)(H,23,24). The Bertz CT molecular complexity index is 940. The summed E-state index contributed by atoms with van der Waals surface area (Å²) in [7, 11) is 0. The number of rotatable bonds is 4. The molecule has 0 unspecified atom stereocenters. The first-order chi connectivity index (χ1) is 12.0. The van der Waals surface area contributed by atoms with E-state index in [9.17, 15) is 18.4 Å². The Kier molecular flexibility index (Phi) is 4.65. The van der Waals surface area contributed by atoms with Gasteiger partial charge in [-0.25, -0.2) is 8.78 Å². The van der Waals surface area contributed by atoms with E-state index < -0.39 is 23.4 Å².